The molecule has 7 heteroatoms. The maximum atomic E-state index is 10.7. The number of nitrogens with zero attached hydrogens (tertiary/aromatic N) is 3. The van der Waals surface area contributed by atoms with Crippen molar-refractivity contribution >= 4 is 28.5 Å². The van der Waals surface area contributed by atoms with Crippen molar-refractivity contribution in [3.63, 3.8) is 0 Å². The molecular weight excluding hydrogens is 416 g/mol. The topological polar surface area (TPSA) is 101 Å². The lowest BCUT2D eigenvalue weighted by Crippen LogP contribution is -2.17. The van der Waals surface area contributed by atoms with Gasteiger partial charge < -0.3 is 14.8 Å². The SMILES string of the molecule is CCC/C(=C\c1nnc(-c2ccc(CNCCC(=O)O)c3ncccc23)o1)c1ccccc1. The molecule has 2 aromatic heterocycles. The van der Waals surface area contributed by atoms with E-state index in [0.29, 0.717) is 24.9 Å². The van der Waals surface area contributed by atoms with E-state index in [1.807, 2.05) is 48.5 Å². The van der Waals surface area contributed by atoms with E-state index >= 15 is 0 Å². The summed E-state index contributed by atoms with van der Waals surface area (Å²) in [5, 5.41) is 21.4. The molecule has 0 aliphatic heterocycles. The Kier molecular flexibility index (Phi) is 7.22. The summed E-state index contributed by atoms with van der Waals surface area (Å²) < 4.78 is 6.03. The fourth-order valence-electron chi connectivity index (χ4n) is 3.75. The number of aliphatic carboxylic acids is 1. The summed E-state index contributed by atoms with van der Waals surface area (Å²) >= 11 is 0. The number of allylic oxidation sites excluding steroid dienone is 1. The molecule has 0 saturated carbocycles. The summed E-state index contributed by atoms with van der Waals surface area (Å²) in [5.41, 5.74) is 4.92. The van der Waals surface area contributed by atoms with Gasteiger partial charge in [-0.3, -0.25) is 9.78 Å². The second kappa shape index (κ2) is 10.7. The zero-order chi connectivity index (χ0) is 23.0. The van der Waals surface area contributed by atoms with Crippen molar-refractivity contribution in [2.24, 2.45) is 0 Å². The summed E-state index contributed by atoms with van der Waals surface area (Å²) in [4.78, 5) is 15.3. The molecule has 2 heterocycles. The van der Waals surface area contributed by atoms with Gasteiger partial charge in [-0.2, -0.15) is 0 Å². The van der Waals surface area contributed by atoms with Crippen molar-refractivity contribution in [3.8, 4) is 11.5 Å². The molecular formula is C26H26N4O3. The number of benzene rings is 2. The number of hydrogen-bond donors (Lipinski definition) is 2. The van der Waals surface area contributed by atoms with Crippen LogP contribution in [0.25, 0.3) is 34.0 Å². The van der Waals surface area contributed by atoms with Crippen molar-refractivity contribution < 1.29 is 14.3 Å². The van der Waals surface area contributed by atoms with Crippen molar-refractivity contribution in [1.29, 1.82) is 0 Å². The average Bonchev–Trinajstić information content (AvgIpc) is 3.30. The summed E-state index contributed by atoms with van der Waals surface area (Å²) in [7, 11) is 0. The Hall–Kier alpha value is -3.84. The number of rotatable bonds is 10. The fourth-order valence-corrected chi connectivity index (χ4v) is 3.75. The summed E-state index contributed by atoms with van der Waals surface area (Å²) in [5.74, 6) is 0.0822. The molecule has 4 aromatic rings. The molecule has 0 unspecified atom stereocenters. The second-order valence-corrected chi connectivity index (χ2v) is 7.72. The van der Waals surface area contributed by atoms with Crippen LogP contribution in [0.3, 0.4) is 0 Å². The Morgan fingerprint density at radius 1 is 1.06 bits per heavy atom. The van der Waals surface area contributed by atoms with Gasteiger partial charge >= 0.3 is 5.97 Å². The van der Waals surface area contributed by atoms with Crippen molar-refractivity contribution in [2.75, 3.05) is 6.54 Å². The summed E-state index contributed by atoms with van der Waals surface area (Å²) in [6.07, 6.45) is 5.70. The van der Waals surface area contributed by atoms with Crippen LogP contribution in [0.4, 0.5) is 0 Å². The Balaban J connectivity index is 1.62. The molecule has 0 amide bonds. The molecule has 0 aliphatic carbocycles. The predicted molar refractivity (Wildman–Crippen MR) is 128 cm³/mol. The summed E-state index contributed by atoms with van der Waals surface area (Å²) in [6.45, 7) is 3.07. The zero-order valence-electron chi connectivity index (χ0n) is 18.5. The highest BCUT2D eigenvalue weighted by Crippen LogP contribution is 2.30. The van der Waals surface area contributed by atoms with E-state index in [-0.39, 0.29) is 6.42 Å². The van der Waals surface area contributed by atoms with Gasteiger partial charge in [0.15, 0.2) is 0 Å². The van der Waals surface area contributed by atoms with Gasteiger partial charge in [-0.25, -0.2) is 0 Å². The van der Waals surface area contributed by atoms with Crippen molar-refractivity contribution in [2.45, 2.75) is 32.7 Å². The number of carboxylic acids is 1. The molecule has 7 nitrogen and oxygen atoms in total. The number of nitrogens with one attached hydrogen (secondary N) is 1. The standard InChI is InChI=1S/C26H26N4O3/c1-2-7-19(18-8-4-3-5-9-18)16-23-29-30-26(33-23)22-12-11-20(17-27-15-13-24(31)32)25-21(22)10-6-14-28-25/h3-6,8-12,14,16,27H,2,7,13,15,17H2,1H3,(H,31,32)/b19-16+. The highest BCUT2D eigenvalue weighted by Gasteiger charge is 2.14. The Morgan fingerprint density at radius 2 is 1.91 bits per heavy atom. The Bertz CT molecular complexity index is 1270. The van der Waals surface area contributed by atoms with E-state index in [0.717, 1.165) is 46.0 Å². The van der Waals surface area contributed by atoms with Gasteiger partial charge in [0.2, 0.25) is 11.8 Å². The van der Waals surface area contributed by atoms with Crippen LogP contribution in [0.15, 0.2) is 65.2 Å². The van der Waals surface area contributed by atoms with Crippen LogP contribution in [-0.4, -0.2) is 32.8 Å². The van der Waals surface area contributed by atoms with Gasteiger partial charge in [-0.05, 0) is 35.3 Å². The minimum absolute atomic E-state index is 0.0741. The van der Waals surface area contributed by atoms with Gasteiger partial charge in [-0.15, -0.1) is 10.2 Å². The normalized spacial score (nSPS) is 11.7. The number of hydrogen-bond acceptors (Lipinski definition) is 6. The van der Waals surface area contributed by atoms with E-state index in [4.69, 9.17) is 9.52 Å². The van der Waals surface area contributed by atoms with Gasteiger partial charge in [0.05, 0.1) is 11.9 Å². The molecule has 0 spiro atoms. The van der Waals surface area contributed by atoms with Crippen LogP contribution < -0.4 is 5.32 Å². The van der Waals surface area contributed by atoms with Crippen LogP contribution >= 0.6 is 0 Å². The van der Waals surface area contributed by atoms with Crippen molar-refractivity contribution in [3.05, 3.63) is 77.8 Å². The zero-order valence-corrected chi connectivity index (χ0v) is 18.5. The minimum atomic E-state index is -0.823. The van der Waals surface area contributed by atoms with E-state index in [2.05, 4.69) is 39.6 Å². The minimum Gasteiger partial charge on any atom is -0.481 e. The molecule has 2 aromatic carbocycles. The first-order valence-corrected chi connectivity index (χ1v) is 11.0. The number of carbonyl (C=O) groups is 1. The van der Waals surface area contributed by atoms with Crippen LogP contribution in [0.2, 0.25) is 0 Å². The molecule has 33 heavy (non-hydrogen) atoms. The first-order valence-electron chi connectivity index (χ1n) is 11.0. The highest BCUT2D eigenvalue weighted by molar-refractivity contribution is 5.94. The maximum absolute atomic E-state index is 10.7. The van der Waals surface area contributed by atoms with E-state index < -0.39 is 5.97 Å². The highest BCUT2D eigenvalue weighted by atomic mass is 16.4. The molecule has 0 saturated heterocycles. The third-order valence-electron chi connectivity index (χ3n) is 5.32. The number of fused-ring (bicyclic) bond motifs is 1. The van der Waals surface area contributed by atoms with Gasteiger partial charge in [0, 0.05) is 36.3 Å². The first kappa shape index (κ1) is 22.4. The first-order chi connectivity index (χ1) is 16.2. The second-order valence-electron chi connectivity index (χ2n) is 7.72. The van der Waals surface area contributed by atoms with Gasteiger partial charge in [0.1, 0.15) is 0 Å². The molecule has 0 bridgehead atoms. The number of pyridine rings is 1. The molecule has 2 N–H and O–H groups in total. The Morgan fingerprint density at radius 3 is 2.70 bits per heavy atom. The predicted octanol–water partition coefficient (Wildman–Crippen LogP) is 5.19. The molecule has 0 fully saturated rings. The number of aromatic nitrogens is 3. The molecule has 0 atom stereocenters. The average molecular weight is 443 g/mol. The molecule has 168 valence electrons. The lowest BCUT2D eigenvalue weighted by atomic mass is 10.0. The Labute approximate surface area is 192 Å². The van der Waals surface area contributed by atoms with Crippen molar-refractivity contribution in [1.82, 2.24) is 20.5 Å². The van der Waals surface area contributed by atoms with E-state index in [1.165, 1.54) is 0 Å². The third-order valence-corrected chi connectivity index (χ3v) is 5.32. The molecule has 0 aliphatic rings. The molecule has 4 rings (SSSR count). The van der Waals surface area contributed by atoms with Crippen LogP contribution in [0.5, 0.6) is 0 Å². The third kappa shape index (κ3) is 5.51. The lowest BCUT2D eigenvalue weighted by Gasteiger charge is -2.09. The van der Waals surface area contributed by atoms with Gasteiger partial charge in [-0.1, -0.05) is 55.8 Å². The quantitative estimate of drug-likeness (QED) is 0.326. The molecule has 0 radical (unpaired) electrons. The van der Waals surface area contributed by atoms with E-state index in [9.17, 15) is 4.79 Å². The fraction of sp³-hybridized carbons (Fsp3) is 0.231. The largest absolute Gasteiger partial charge is 0.481 e. The monoisotopic (exact) mass is 442 g/mol. The van der Waals surface area contributed by atoms with Gasteiger partial charge in [0.25, 0.3) is 0 Å². The van der Waals surface area contributed by atoms with Crippen LogP contribution in [0.1, 0.15) is 43.2 Å². The summed E-state index contributed by atoms with van der Waals surface area (Å²) in [6, 6.07) is 18.0. The maximum Gasteiger partial charge on any atom is 0.304 e. The smallest absolute Gasteiger partial charge is 0.304 e. The van der Waals surface area contributed by atoms with Crippen LogP contribution in [-0.2, 0) is 11.3 Å². The van der Waals surface area contributed by atoms with E-state index in [1.54, 1.807) is 6.20 Å². The lowest BCUT2D eigenvalue weighted by molar-refractivity contribution is -0.136. The van der Waals surface area contributed by atoms with Crippen LogP contribution in [0, 0.1) is 0 Å². The number of carboxylic acid groups (broad SMARTS) is 1.